The lowest BCUT2D eigenvalue weighted by molar-refractivity contribution is 0.598. The van der Waals surface area contributed by atoms with Gasteiger partial charge in [0.15, 0.2) is 0 Å². The molecule has 0 aromatic heterocycles. The molecule has 8 heteroatoms. The molecule has 0 saturated heterocycles. The van der Waals surface area contributed by atoms with E-state index in [2.05, 4.69) is 20.7 Å². The van der Waals surface area contributed by atoms with E-state index >= 15 is 0 Å². The summed E-state index contributed by atoms with van der Waals surface area (Å²) in [5.74, 6) is -0.758. The molecule has 0 atom stereocenters. The van der Waals surface area contributed by atoms with Crippen LogP contribution in [-0.4, -0.2) is 8.42 Å². The van der Waals surface area contributed by atoms with Crippen molar-refractivity contribution in [1.82, 2.24) is 0 Å². The van der Waals surface area contributed by atoms with E-state index in [1.165, 1.54) is 18.2 Å². The van der Waals surface area contributed by atoms with Gasteiger partial charge >= 0.3 is 0 Å². The summed E-state index contributed by atoms with van der Waals surface area (Å²) in [7, 11) is -3.97. The van der Waals surface area contributed by atoms with E-state index in [1.807, 2.05) is 0 Å². The van der Waals surface area contributed by atoms with E-state index in [0.717, 1.165) is 6.07 Å². The number of nitrogens with two attached hydrogens (primary N) is 1. The molecule has 2 aromatic rings. The minimum atomic E-state index is -3.97. The Labute approximate surface area is 135 Å². The Balaban J connectivity index is 2.48. The Morgan fingerprint density at radius 2 is 1.95 bits per heavy atom. The largest absolute Gasteiger partial charge is 0.398 e. The van der Waals surface area contributed by atoms with Crippen LogP contribution in [0.3, 0.4) is 0 Å². The average molecular weight is 394 g/mol. The first-order valence-electron chi connectivity index (χ1n) is 5.74. The van der Waals surface area contributed by atoms with Gasteiger partial charge in [-0.05, 0) is 42.8 Å². The summed E-state index contributed by atoms with van der Waals surface area (Å²) in [5.41, 5.74) is 6.27. The predicted octanol–water partition coefficient (Wildman–Crippen LogP) is 3.93. The molecule has 0 aliphatic heterocycles. The molecule has 2 aromatic carbocycles. The SMILES string of the molecule is Cc1c(N)cc(Br)cc1S(=O)(=O)Nc1ccc(Cl)cc1F. The molecule has 2 rings (SSSR count). The monoisotopic (exact) mass is 392 g/mol. The van der Waals surface area contributed by atoms with E-state index in [1.54, 1.807) is 13.0 Å². The zero-order chi connectivity index (χ0) is 15.8. The fourth-order valence-electron chi connectivity index (χ4n) is 1.73. The number of rotatable bonds is 3. The van der Waals surface area contributed by atoms with Gasteiger partial charge < -0.3 is 5.73 Å². The average Bonchev–Trinajstić information content (AvgIpc) is 2.37. The topological polar surface area (TPSA) is 72.2 Å². The number of benzene rings is 2. The number of anilines is 2. The second-order valence-corrected chi connectivity index (χ2v) is 7.35. The smallest absolute Gasteiger partial charge is 0.262 e. The van der Waals surface area contributed by atoms with Crippen LogP contribution < -0.4 is 10.5 Å². The van der Waals surface area contributed by atoms with Crippen LogP contribution in [0.5, 0.6) is 0 Å². The molecule has 21 heavy (non-hydrogen) atoms. The van der Waals surface area contributed by atoms with Crippen LogP contribution in [0.15, 0.2) is 39.7 Å². The van der Waals surface area contributed by atoms with Gasteiger partial charge in [-0.15, -0.1) is 0 Å². The Bertz CT molecular complexity index is 812. The van der Waals surface area contributed by atoms with Crippen molar-refractivity contribution in [2.24, 2.45) is 0 Å². The summed E-state index contributed by atoms with van der Waals surface area (Å²) >= 11 is 8.82. The Morgan fingerprint density at radius 1 is 1.29 bits per heavy atom. The summed E-state index contributed by atoms with van der Waals surface area (Å²) in [4.78, 5) is -0.0243. The molecule has 0 fully saturated rings. The van der Waals surface area contributed by atoms with Crippen LogP contribution in [0.4, 0.5) is 15.8 Å². The molecule has 112 valence electrons. The maximum atomic E-state index is 13.7. The van der Waals surface area contributed by atoms with Crippen LogP contribution in [0.2, 0.25) is 5.02 Å². The van der Waals surface area contributed by atoms with Crippen molar-refractivity contribution in [2.45, 2.75) is 11.8 Å². The van der Waals surface area contributed by atoms with Crippen LogP contribution in [0.25, 0.3) is 0 Å². The second kappa shape index (κ2) is 5.82. The molecule has 0 aliphatic rings. The van der Waals surface area contributed by atoms with Crippen molar-refractivity contribution in [3.63, 3.8) is 0 Å². The van der Waals surface area contributed by atoms with Crippen molar-refractivity contribution in [3.05, 3.63) is 51.2 Å². The van der Waals surface area contributed by atoms with Gasteiger partial charge in [-0.1, -0.05) is 27.5 Å². The zero-order valence-corrected chi connectivity index (χ0v) is 14.0. The van der Waals surface area contributed by atoms with Gasteiger partial charge in [0.05, 0.1) is 10.6 Å². The summed E-state index contributed by atoms with van der Waals surface area (Å²) in [6.45, 7) is 1.58. The fraction of sp³-hybridized carbons (Fsp3) is 0.0769. The molecule has 3 N–H and O–H groups in total. The van der Waals surface area contributed by atoms with E-state index in [9.17, 15) is 12.8 Å². The van der Waals surface area contributed by atoms with E-state index in [-0.39, 0.29) is 15.6 Å². The predicted molar refractivity (Wildman–Crippen MR) is 85.5 cm³/mol. The fourth-order valence-corrected chi connectivity index (χ4v) is 3.88. The highest BCUT2D eigenvalue weighted by Gasteiger charge is 2.20. The molecule has 0 amide bonds. The van der Waals surface area contributed by atoms with Crippen molar-refractivity contribution in [3.8, 4) is 0 Å². The minimum absolute atomic E-state index is 0.0243. The molecule has 0 saturated carbocycles. The van der Waals surface area contributed by atoms with Gasteiger partial charge in [-0.2, -0.15) is 0 Å². The highest BCUT2D eigenvalue weighted by molar-refractivity contribution is 9.10. The summed E-state index contributed by atoms with van der Waals surface area (Å²) in [5, 5.41) is 0.179. The van der Waals surface area contributed by atoms with Crippen LogP contribution >= 0.6 is 27.5 Å². The molecule has 0 bridgehead atoms. The van der Waals surface area contributed by atoms with Crippen molar-refractivity contribution in [1.29, 1.82) is 0 Å². The normalized spacial score (nSPS) is 11.4. The second-order valence-electron chi connectivity index (χ2n) is 4.35. The minimum Gasteiger partial charge on any atom is -0.398 e. The molecular weight excluding hydrogens is 383 g/mol. The van der Waals surface area contributed by atoms with Crippen LogP contribution in [0, 0.1) is 12.7 Å². The molecular formula is C13H11BrClFN2O2S. The summed E-state index contributed by atoms with van der Waals surface area (Å²) in [6.07, 6.45) is 0. The van der Waals surface area contributed by atoms with Gasteiger partial charge in [0, 0.05) is 15.2 Å². The lowest BCUT2D eigenvalue weighted by Gasteiger charge is -2.13. The number of sulfonamides is 1. The standard InChI is InChI=1S/C13H11BrClFN2O2S/c1-7-11(17)4-8(14)5-13(7)21(19,20)18-12-3-2-9(15)6-10(12)16/h2-6,18H,17H2,1H3. The molecule has 0 unspecified atom stereocenters. The lowest BCUT2D eigenvalue weighted by atomic mass is 10.2. The van der Waals surface area contributed by atoms with Crippen LogP contribution in [-0.2, 0) is 10.0 Å². The van der Waals surface area contributed by atoms with Gasteiger partial charge in [0.1, 0.15) is 5.82 Å². The van der Waals surface area contributed by atoms with E-state index in [0.29, 0.717) is 15.7 Å². The third kappa shape index (κ3) is 3.48. The van der Waals surface area contributed by atoms with Gasteiger partial charge in [0.25, 0.3) is 10.0 Å². The molecule has 0 spiro atoms. The molecule has 0 aliphatic carbocycles. The van der Waals surface area contributed by atoms with Crippen LogP contribution in [0.1, 0.15) is 5.56 Å². The Morgan fingerprint density at radius 3 is 2.57 bits per heavy atom. The van der Waals surface area contributed by atoms with E-state index < -0.39 is 15.8 Å². The van der Waals surface area contributed by atoms with E-state index in [4.69, 9.17) is 17.3 Å². The molecule has 4 nitrogen and oxygen atoms in total. The number of nitrogen functional groups attached to an aromatic ring is 1. The van der Waals surface area contributed by atoms with Crippen molar-refractivity contribution >= 4 is 48.9 Å². The number of hydrogen-bond acceptors (Lipinski definition) is 3. The maximum Gasteiger partial charge on any atom is 0.262 e. The first kappa shape index (κ1) is 16.1. The first-order chi connectivity index (χ1) is 9.70. The number of halogens is 3. The number of nitrogens with one attached hydrogen (secondary N) is 1. The van der Waals surface area contributed by atoms with Gasteiger partial charge in [-0.25, -0.2) is 12.8 Å². The lowest BCUT2D eigenvalue weighted by Crippen LogP contribution is -2.16. The quantitative estimate of drug-likeness (QED) is 0.776. The van der Waals surface area contributed by atoms with Crippen molar-refractivity contribution < 1.29 is 12.8 Å². The van der Waals surface area contributed by atoms with Crippen molar-refractivity contribution in [2.75, 3.05) is 10.5 Å². The molecule has 0 radical (unpaired) electrons. The highest BCUT2D eigenvalue weighted by atomic mass is 79.9. The highest BCUT2D eigenvalue weighted by Crippen LogP contribution is 2.28. The molecule has 0 heterocycles. The zero-order valence-electron chi connectivity index (χ0n) is 10.8. The summed E-state index contributed by atoms with van der Waals surface area (Å²) < 4.78 is 41.2. The summed E-state index contributed by atoms with van der Waals surface area (Å²) in [6, 6.07) is 6.68. The Kier molecular flexibility index (Phi) is 4.46. The van der Waals surface area contributed by atoms with Gasteiger partial charge in [-0.3, -0.25) is 4.72 Å². The number of hydrogen-bond donors (Lipinski definition) is 2. The van der Waals surface area contributed by atoms with Gasteiger partial charge in [0.2, 0.25) is 0 Å². The third-order valence-electron chi connectivity index (χ3n) is 2.83. The third-order valence-corrected chi connectivity index (χ3v) is 5.01. The maximum absolute atomic E-state index is 13.7. The first-order valence-corrected chi connectivity index (χ1v) is 8.39. The Hall–Kier alpha value is -1.31.